The summed E-state index contributed by atoms with van der Waals surface area (Å²) in [4.78, 5) is 13.6. The number of amides is 1. The van der Waals surface area contributed by atoms with E-state index in [4.69, 9.17) is 0 Å². The molecule has 2 N–H and O–H groups in total. The number of hydrogen-bond acceptors (Lipinski definition) is 3. The molecule has 4 nitrogen and oxygen atoms in total. The smallest absolute Gasteiger partial charge is 0.234 e. The van der Waals surface area contributed by atoms with Crippen LogP contribution in [-0.2, 0) is 4.79 Å². The van der Waals surface area contributed by atoms with E-state index in [1.807, 2.05) is 14.0 Å². The fraction of sp³-hybridized carbons (Fsp3) is 0.917. The summed E-state index contributed by atoms with van der Waals surface area (Å²) in [5.74, 6) is 0.107. The van der Waals surface area contributed by atoms with Gasteiger partial charge in [0.2, 0.25) is 5.91 Å². The van der Waals surface area contributed by atoms with Gasteiger partial charge in [-0.3, -0.25) is 9.69 Å². The van der Waals surface area contributed by atoms with Crippen LogP contribution in [0.2, 0.25) is 0 Å². The summed E-state index contributed by atoms with van der Waals surface area (Å²) in [6.07, 6.45) is 4.58. The molecule has 16 heavy (non-hydrogen) atoms. The highest BCUT2D eigenvalue weighted by Crippen LogP contribution is 2.21. The van der Waals surface area contributed by atoms with Crippen molar-refractivity contribution in [1.82, 2.24) is 10.2 Å². The van der Waals surface area contributed by atoms with E-state index in [0.29, 0.717) is 12.6 Å². The van der Waals surface area contributed by atoms with Gasteiger partial charge in [0, 0.05) is 12.6 Å². The molecule has 1 rings (SSSR count). The van der Waals surface area contributed by atoms with Crippen molar-refractivity contribution in [2.45, 2.75) is 51.2 Å². The highest BCUT2D eigenvalue weighted by Gasteiger charge is 2.23. The first-order valence-electron chi connectivity index (χ1n) is 6.28. The van der Waals surface area contributed by atoms with Crippen LogP contribution < -0.4 is 5.32 Å². The van der Waals surface area contributed by atoms with Gasteiger partial charge < -0.3 is 10.4 Å². The normalized spacial score (nSPS) is 25.8. The first-order chi connectivity index (χ1) is 7.63. The van der Waals surface area contributed by atoms with Gasteiger partial charge in [-0.25, -0.2) is 0 Å². The van der Waals surface area contributed by atoms with Gasteiger partial charge in [-0.1, -0.05) is 6.92 Å². The molecule has 0 aromatic carbocycles. The Kier molecular flexibility index (Phi) is 5.77. The van der Waals surface area contributed by atoms with Crippen LogP contribution in [0.4, 0.5) is 0 Å². The Morgan fingerprint density at radius 2 is 2.00 bits per heavy atom. The first kappa shape index (κ1) is 13.5. The molecule has 0 radical (unpaired) electrons. The standard InChI is InChI=1S/C12H24N2O2/c1-3-8-13-12(16)9-14(2)10-4-6-11(15)7-5-10/h10-11,15H,3-9H2,1-2H3,(H,13,16). The maximum absolute atomic E-state index is 11.5. The molecule has 1 aliphatic rings. The summed E-state index contributed by atoms with van der Waals surface area (Å²) in [6.45, 7) is 3.28. The molecular weight excluding hydrogens is 204 g/mol. The Morgan fingerprint density at radius 1 is 1.38 bits per heavy atom. The summed E-state index contributed by atoms with van der Waals surface area (Å²) in [5.41, 5.74) is 0. The van der Waals surface area contributed by atoms with Gasteiger partial charge >= 0.3 is 0 Å². The topological polar surface area (TPSA) is 52.6 Å². The van der Waals surface area contributed by atoms with Crippen LogP contribution >= 0.6 is 0 Å². The average Bonchev–Trinajstić information content (AvgIpc) is 2.27. The molecule has 0 aromatic heterocycles. The van der Waals surface area contributed by atoms with Crippen molar-refractivity contribution < 1.29 is 9.90 Å². The van der Waals surface area contributed by atoms with Crippen molar-refractivity contribution >= 4 is 5.91 Å². The lowest BCUT2D eigenvalue weighted by atomic mass is 9.92. The number of aliphatic hydroxyl groups is 1. The van der Waals surface area contributed by atoms with E-state index in [2.05, 4.69) is 10.2 Å². The van der Waals surface area contributed by atoms with Gasteiger partial charge in [0.1, 0.15) is 0 Å². The zero-order valence-electron chi connectivity index (χ0n) is 10.4. The number of nitrogens with one attached hydrogen (secondary N) is 1. The molecule has 1 saturated carbocycles. The summed E-state index contributed by atoms with van der Waals surface area (Å²) >= 11 is 0. The first-order valence-corrected chi connectivity index (χ1v) is 6.28. The Morgan fingerprint density at radius 3 is 2.56 bits per heavy atom. The number of hydrogen-bond donors (Lipinski definition) is 2. The molecule has 1 fully saturated rings. The maximum Gasteiger partial charge on any atom is 0.234 e. The van der Waals surface area contributed by atoms with Gasteiger partial charge in [-0.15, -0.1) is 0 Å². The molecule has 0 atom stereocenters. The van der Waals surface area contributed by atoms with Crippen molar-refractivity contribution in [1.29, 1.82) is 0 Å². The Bertz CT molecular complexity index is 213. The molecule has 0 unspecified atom stereocenters. The minimum atomic E-state index is -0.126. The second-order valence-corrected chi connectivity index (χ2v) is 4.73. The van der Waals surface area contributed by atoms with Gasteiger partial charge in [-0.05, 0) is 39.2 Å². The van der Waals surface area contributed by atoms with Gasteiger partial charge in [0.15, 0.2) is 0 Å². The van der Waals surface area contributed by atoms with Crippen LogP contribution in [0.25, 0.3) is 0 Å². The van der Waals surface area contributed by atoms with Crippen molar-refractivity contribution in [3.63, 3.8) is 0 Å². The van der Waals surface area contributed by atoms with Crippen molar-refractivity contribution in [2.24, 2.45) is 0 Å². The van der Waals surface area contributed by atoms with E-state index in [-0.39, 0.29) is 12.0 Å². The number of aliphatic hydroxyl groups excluding tert-OH is 1. The number of rotatable bonds is 5. The molecule has 0 bridgehead atoms. The number of nitrogens with zero attached hydrogens (tertiary/aromatic N) is 1. The van der Waals surface area contributed by atoms with Crippen LogP contribution in [0, 0.1) is 0 Å². The van der Waals surface area contributed by atoms with Crippen LogP contribution in [-0.4, -0.2) is 48.2 Å². The monoisotopic (exact) mass is 228 g/mol. The SMILES string of the molecule is CCCNC(=O)CN(C)C1CCC(O)CC1. The predicted octanol–water partition coefficient (Wildman–Crippen LogP) is 0.748. The van der Waals surface area contributed by atoms with Gasteiger partial charge in [-0.2, -0.15) is 0 Å². The zero-order chi connectivity index (χ0) is 12.0. The fourth-order valence-corrected chi connectivity index (χ4v) is 2.17. The quantitative estimate of drug-likeness (QED) is 0.730. The van der Waals surface area contributed by atoms with E-state index in [1.54, 1.807) is 0 Å². The Balaban J connectivity index is 2.23. The van der Waals surface area contributed by atoms with Crippen molar-refractivity contribution in [3.8, 4) is 0 Å². The van der Waals surface area contributed by atoms with E-state index in [1.165, 1.54) is 0 Å². The van der Waals surface area contributed by atoms with Crippen LogP contribution in [0.3, 0.4) is 0 Å². The molecule has 0 heterocycles. The minimum Gasteiger partial charge on any atom is -0.393 e. The van der Waals surface area contributed by atoms with Crippen LogP contribution in [0.15, 0.2) is 0 Å². The molecule has 1 amide bonds. The largest absolute Gasteiger partial charge is 0.393 e. The second-order valence-electron chi connectivity index (χ2n) is 4.73. The minimum absolute atomic E-state index is 0.107. The molecule has 1 aliphatic carbocycles. The third-order valence-corrected chi connectivity index (χ3v) is 3.25. The Labute approximate surface area is 98.0 Å². The Hall–Kier alpha value is -0.610. The number of carbonyl (C=O) groups is 1. The van der Waals surface area contributed by atoms with E-state index >= 15 is 0 Å². The van der Waals surface area contributed by atoms with Crippen molar-refractivity contribution in [2.75, 3.05) is 20.1 Å². The van der Waals surface area contributed by atoms with Crippen LogP contribution in [0.1, 0.15) is 39.0 Å². The van der Waals surface area contributed by atoms with Gasteiger partial charge in [0.05, 0.1) is 12.6 Å². The third-order valence-electron chi connectivity index (χ3n) is 3.25. The highest BCUT2D eigenvalue weighted by molar-refractivity contribution is 5.77. The van der Waals surface area contributed by atoms with Gasteiger partial charge in [0.25, 0.3) is 0 Å². The third kappa shape index (κ3) is 4.49. The molecule has 0 saturated heterocycles. The second kappa shape index (κ2) is 6.86. The number of carbonyl (C=O) groups excluding carboxylic acids is 1. The highest BCUT2D eigenvalue weighted by atomic mass is 16.3. The maximum atomic E-state index is 11.5. The summed E-state index contributed by atoms with van der Waals surface area (Å²) in [6, 6.07) is 0.454. The summed E-state index contributed by atoms with van der Waals surface area (Å²) in [7, 11) is 1.99. The lowest BCUT2D eigenvalue weighted by Crippen LogP contribution is -2.42. The lowest BCUT2D eigenvalue weighted by molar-refractivity contribution is -0.122. The molecule has 0 aliphatic heterocycles. The molecule has 94 valence electrons. The zero-order valence-corrected chi connectivity index (χ0v) is 10.4. The molecular formula is C12H24N2O2. The number of likely N-dealkylation sites (N-methyl/N-ethyl adjacent to an activating group) is 1. The molecule has 4 heteroatoms. The summed E-state index contributed by atoms with van der Waals surface area (Å²) in [5, 5.41) is 12.3. The molecule has 0 spiro atoms. The van der Waals surface area contributed by atoms with Crippen molar-refractivity contribution in [3.05, 3.63) is 0 Å². The fourth-order valence-electron chi connectivity index (χ4n) is 2.17. The van der Waals surface area contributed by atoms with E-state index < -0.39 is 0 Å². The predicted molar refractivity (Wildman–Crippen MR) is 64.2 cm³/mol. The average molecular weight is 228 g/mol. The van der Waals surface area contributed by atoms with E-state index in [0.717, 1.165) is 38.6 Å². The lowest BCUT2D eigenvalue weighted by Gasteiger charge is -2.32. The van der Waals surface area contributed by atoms with Crippen LogP contribution in [0.5, 0.6) is 0 Å². The van der Waals surface area contributed by atoms with E-state index in [9.17, 15) is 9.90 Å². The molecule has 0 aromatic rings. The summed E-state index contributed by atoms with van der Waals surface area (Å²) < 4.78 is 0.